The molecule has 0 fully saturated rings. The fourth-order valence-electron chi connectivity index (χ4n) is 0.684. The number of halogens is 1. The Labute approximate surface area is 124 Å². The summed E-state index contributed by atoms with van der Waals surface area (Å²) in [6.45, 7) is 0. The van der Waals surface area contributed by atoms with Crippen LogP contribution in [0.1, 0.15) is 12.8 Å². The van der Waals surface area contributed by atoms with Gasteiger partial charge in [0.2, 0.25) is 0 Å². The first-order valence-electron chi connectivity index (χ1n) is 3.11. The van der Waals surface area contributed by atoms with E-state index < -0.39 is 36.4 Å². The number of carboxylic acids is 3. The zero-order valence-corrected chi connectivity index (χ0v) is 11.7. The van der Waals surface area contributed by atoms with Crippen molar-refractivity contribution in [2.24, 2.45) is 0 Å². The third-order valence-corrected chi connectivity index (χ3v) is 1.25. The Morgan fingerprint density at radius 3 is 1.40 bits per heavy atom. The second kappa shape index (κ2) is 8.21. The molecule has 0 aliphatic heterocycles. The Hall–Kier alpha value is 0.0236. The number of aliphatic carboxylic acids is 3. The van der Waals surface area contributed by atoms with Gasteiger partial charge in [-0.3, -0.25) is 0 Å². The van der Waals surface area contributed by atoms with Gasteiger partial charge in [-0.1, -0.05) is 0 Å². The molecule has 1 N–H and O–H groups in total. The van der Waals surface area contributed by atoms with E-state index >= 15 is 0 Å². The van der Waals surface area contributed by atoms with E-state index in [1.54, 1.807) is 0 Å². The summed E-state index contributed by atoms with van der Waals surface area (Å²) in [7, 11) is 0. The van der Waals surface area contributed by atoms with Crippen LogP contribution in [0.25, 0.3) is 0 Å². The Kier molecular flexibility index (Phi) is 11.2. The smallest absolute Gasteiger partial charge is 1.00 e. The summed E-state index contributed by atoms with van der Waals surface area (Å²) < 4.78 is 0. The molecule has 0 saturated heterocycles. The number of hydrogen-bond acceptors (Lipinski definition) is 7. The van der Waals surface area contributed by atoms with Crippen LogP contribution < -0.4 is 27.7 Å². The molecule has 82 valence electrons. The van der Waals surface area contributed by atoms with Crippen molar-refractivity contribution < 1.29 is 88.5 Å². The van der Waals surface area contributed by atoms with Crippen molar-refractivity contribution in [2.75, 3.05) is 0 Å². The van der Waals surface area contributed by atoms with Crippen molar-refractivity contribution in [1.82, 2.24) is 0 Å². The summed E-state index contributed by atoms with van der Waals surface area (Å²) in [4.78, 5) is 30.0. The van der Waals surface area contributed by atoms with Crippen LogP contribution in [0.4, 0.5) is 0 Å². The van der Waals surface area contributed by atoms with Gasteiger partial charge in [0.05, 0.1) is 5.97 Å². The van der Waals surface area contributed by atoms with Gasteiger partial charge < -0.3 is 47.2 Å². The van der Waals surface area contributed by atoms with Crippen LogP contribution in [-0.4, -0.2) is 28.6 Å². The maximum atomic E-state index is 10.1. The number of carbonyl (C=O) groups is 3. The molecule has 0 bridgehead atoms. The average molecular weight is 365 g/mol. The molecule has 15 heavy (non-hydrogen) atoms. The topological polar surface area (TPSA) is 141 Å². The van der Waals surface area contributed by atoms with Gasteiger partial charge in [-0.25, -0.2) is 0 Å². The third kappa shape index (κ3) is 7.90. The Balaban J connectivity index is -0.000000720. The molecule has 0 unspecified atom stereocenters. The fraction of sp³-hybridized carbons (Fsp3) is 0.500. The number of rotatable bonds is 5. The molecule has 0 atom stereocenters. The van der Waals surface area contributed by atoms with Gasteiger partial charge in [-0.15, -0.1) is 0 Å². The van der Waals surface area contributed by atoms with Crippen LogP contribution in [0, 0.1) is 41.3 Å². The molecule has 0 spiro atoms. The minimum absolute atomic E-state index is 0. The van der Waals surface area contributed by atoms with E-state index in [4.69, 9.17) is 5.11 Å². The zero-order chi connectivity index (χ0) is 10.6. The Morgan fingerprint density at radius 2 is 1.27 bits per heavy atom. The molecule has 0 saturated carbocycles. The molecule has 0 heterocycles. The van der Waals surface area contributed by atoms with E-state index in [2.05, 4.69) is 0 Å². The van der Waals surface area contributed by atoms with E-state index in [0.717, 1.165) is 0 Å². The predicted octanol–water partition coefficient (Wildman–Crippen LogP) is -8.25. The first-order valence-corrected chi connectivity index (χ1v) is 3.11. The molecule has 7 nitrogen and oxygen atoms in total. The maximum Gasteiger partial charge on any atom is 3.00 e. The van der Waals surface area contributed by atoms with Crippen LogP contribution >= 0.6 is 0 Å². The molecule has 0 aromatic carbocycles. The number of carbonyl (C=O) groups excluding carboxylic acids is 3. The SMILES string of the molecule is O=C([O-])CC(O)(CC(=O)[O-])C(=O)[O-].[Cl-].[Pr+3]. The number of aliphatic hydroxyl groups is 1. The van der Waals surface area contributed by atoms with Crippen LogP contribution in [0.15, 0.2) is 0 Å². The second-order valence-electron chi connectivity index (χ2n) is 2.42. The van der Waals surface area contributed by atoms with Gasteiger partial charge in [0.1, 0.15) is 5.60 Å². The Bertz CT molecular complexity index is 238. The summed E-state index contributed by atoms with van der Waals surface area (Å²) in [5.74, 6) is -5.98. The zero-order valence-electron chi connectivity index (χ0n) is 7.27. The van der Waals surface area contributed by atoms with Gasteiger partial charge >= 0.3 is 41.3 Å². The minimum Gasteiger partial charge on any atom is -1.00 e. The molecule has 0 aliphatic rings. The summed E-state index contributed by atoms with van der Waals surface area (Å²) in [6, 6.07) is 0. The maximum absolute atomic E-state index is 10.1. The normalized spacial score (nSPS) is 9.40. The van der Waals surface area contributed by atoms with Crippen LogP contribution in [0.5, 0.6) is 0 Å². The van der Waals surface area contributed by atoms with E-state index in [1.165, 1.54) is 0 Å². The first-order chi connectivity index (χ1) is 5.78. The van der Waals surface area contributed by atoms with Gasteiger partial charge in [0.25, 0.3) is 0 Å². The monoisotopic (exact) mass is 365 g/mol. The molecular formula is C6H5ClO7Pr-. The average Bonchev–Trinajstić information content (AvgIpc) is 1.82. The van der Waals surface area contributed by atoms with Crippen molar-refractivity contribution in [3.63, 3.8) is 0 Å². The van der Waals surface area contributed by atoms with Gasteiger partial charge in [0, 0.05) is 24.8 Å². The van der Waals surface area contributed by atoms with Crippen LogP contribution in [0.2, 0.25) is 0 Å². The van der Waals surface area contributed by atoms with Crippen molar-refractivity contribution in [2.45, 2.75) is 18.4 Å². The van der Waals surface area contributed by atoms with E-state index in [0.29, 0.717) is 0 Å². The molecule has 0 aromatic heterocycles. The Morgan fingerprint density at radius 1 is 1.00 bits per heavy atom. The number of carboxylic acid groups (broad SMARTS) is 3. The largest absolute Gasteiger partial charge is 3.00 e. The summed E-state index contributed by atoms with van der Waals surface area (Å²) in [5.41, 5.74) is -2.97. The van der Waals surface area contributed by atoms with Crippen LogP contribution in [-0.2, 0) is 14.4 Å². The van der Waals surface area contributed by atoms with Crippen molar-refractivity contribution in [3.8, 4) is 0 Å². The van der Waals surface area contributed by atoms with E-state index in [1.807, 2.05) is 0 Å². The molecule has 0 aromatic rings. The van der Waals surface area contributed by atoms with Gasteiger partial charge in [0.15, 0.2) is 0 Å². The van der Waals surface area contributed by atoms with Crippen LogP contribution in [0.3, 0.4) is 0 Å². The second-order valence-corrected chi connectivity index (χ2v) is 2.42. The summed E-state index contributed by atoms with van der Waals surface area (Å²) >= 11 is 0. The van der Waals surface area contributed by atoms with Gasteiger partial charge in [-0.2, -0.15) is 0 Å². The summed E-state index contributed by atoms with van der Waals surface area (Å²) in [5, 5.41) is 38.9. The summed E-state index contributed by atoms with van der Waals surface area (Å²) in [6.07, 6.45) is -2.72. The van der Waals surface area contributed by atoms with Gasteiger partial charge in [-0.05, 0) is 0 Å². The van der Waals surface area contributed by atoms with E-state index in [9.17, 15) is 29.7 Å². The predicted molar refractivity (Wildman–Crippen MR) is 29.2 cm³/mol. The molecule has 9 heteroatoms. The van der Waals surface area contributed by atoms with Crippen molar-refractivity contribution in [3.05, 3.63) is 0 Å². The van der Waals surface area contributed by atoms with Crippen molar-refractivity contribution in [1.29, 1.82) is 0 Å². The van der Waals surface area contributed by atoms with Crippen molar-refractivity contribution >= 4 is 17.9 Å². The fourth-order valence-corrected chi connectivity index (χ4v) is 0.684. The molecule has 0 radical (unpaired) electrons. The standard InChI is InChI=1S/C6H8O7.ClH.Pr/c7-3(8)1-6(13,5(11)12)2-4(9)10;;/h13H,1-2H2,(H,7,8)(H,9,10)(H,11,12);1H;/q;;+3/p-4. The third-order valence-electron chi connectivity index (χ3n) is 1.25. The molecule has 0 rings (SSSR count). The van der Waals surface area contributed by atoms with E-state index in [-0.39, 0.29) is 53.7 Å². The molecular weight excluding hydrogens is 360 g/mol. The first kappa shape index (κ1) is 20.4. The quantitative estimate of drug-likeness (QED) is 0.510. The number of hydrogen-bond donors (Lipinski definition) is 1. The minimum atomic E-state index is -2.97. The molecule has 0 aliphatic carbocycles. The molecule has 0 amide bonds.